The third-order valence-corrected chi connectivity index (χ3v) is 4.84. The Hall–Kier alpha value is -1.06. The summed E-state index contributed by atoms with van der Waals surface area (Å²) in [7, 11) is 3.53. The monoisotopic (exact) mass is 504 g/mol. The van der Waals surface area contributed by atoms with Crippen molar-refractivity contribution in [3.63, 3.8) is 0 Å². The Bertz CT molecular complexity index is 602. The van der Waals surface area contributed by atoms with E-state index in [0.29, 0.717) is 12.2 Å². The molecule has 2 rings (SSSR count). The zero-order valence-corrected chi connectivity index (χ0v) is 20.3. The van der Waals surface area contributed by atoms with Crippen LogP contribution in [0.5, 0.6) is 5.75 Å². The fourth-order valence-corrected chi connectivity index (χ4v) is 3.54. The third-order valence-electron chi connectivity index (χ3n) is 4.84. The van der Waals surface area contributed by atoms with Gasteiger partial charge in [0.2, 0.25) is 0 Å². The maximum atomic E-state index is 5.79. The number of nitrogens with one attached hydrogen (secondary N) is 2. The summed E-state index contributed by atoms with van der Waals surface area (Å²) in [5.41, 5.74) is 2.42. The summed E-state index contributed by atoms with van der Waals surface area (Å²) in [6.45, 7) is 11.2. The Morgan fingerprint density at radius 3 is 2.54 bits per heavy atom. The summed E-state index contributed by atoms with van der Waals surface area (Å²) < 4.78 is 11.2. The number of ether oxygens (including phenoxy) is 2. The van der Waals surface area contributed by atoms with Gasteiger partial charge in [-0.05, 0) is 50.8 Å². The summed E-state index contributed by atoms with van der Waals surface area (Å²) in [6, 6.07) is 6.37. The first-order chi connectivity index (χ1) is 13.0. The molecule has 1 fully saturated rings. The molecule has 2 unspecified atom stereocenters. The molecule has 2 atom stereocenters. The summed E-state index contributed by atoms with van der Waals surface area (Å²) in [6.07, 6.45) is 2.68. The van der Waals surface area contributed by atoms with Crippen molar-refractivity contribution in [2.24, 2.45) is 4.99 Å². The molecule has 6 nitrogen and oxygen atoms in total. The lowest BCUT2D eigenvalue weighted by Gasteiger charge is -2.35. The number of methoxy groups -OCH3 is 1. The summed E-state index contributed by atoms with van der Waals surface area (Å²) in [5, 5.41) is 6.79. The average Bonchev–Trinajstić information content (AvgIpc) is 2.64. The highest BCUT2D eigenvalue weighted by molar-refractivity contribution is 14.0. The molecule has 160 valence electrons. The predicted molar refractivity (Wildman–Crippen MR) is 127 cm³/mol. The van der Waals surface area contributed by atoms with Crippen LogP contribution in [-0.2, 0) is 11.2 Å². The third kappa shape index (κ3) is 8.53. The second kappa shape index (κ2) is 13.2. The van der Waals surface area contributed by atoms with Crippen molar-refractivity contribution in [2.45, 2.75) is 45.8 Å². The molecule has 1 aliphatic rings. The standard InChI is InChI=1S/C21H36N4O2.HI/c1-16-7-8-19(13-20(16)26-5)9-11-24-21(22-4)23-10-6-12-25-14-17(2)27-18(3)15-25;/h7-8,13,17-18H,6,9-12,14-15H2,1-5H3,(H2,22,23,24);1H. The van der Waals surface area contributed by atoms with Gasteiger partial charge in [-0.2, -0.15) is 0 Å². The minimum Gasteiger partial charge on any atom is -0.496 e. The van der Waals surface area contributed by atoms with E-state index in [0.717, 1.165) is 62.8 Å². The first-order valence-electron chi connectivity index (χ1n) is 9.97. The van der Waals surface area contributed by atoms with Gasteiger partial charge in [0, 0.05) is 39.8 Å². The van der Waals surface area contributed by atoms with Crippen LogP contribution in [-0.4, -0.2) is 69.9 Å². The molecule has 0 radical (unpaired) electrons. The van der Waals surface area contributed by atoms with Crippen molar-refractivity contribution < 1.29 is 9.47 Å². The van der Waals surface area contributed by atoms with E-state index in [1.807, 2.05) is 7.05 Å². The quantitative estimate of drug-likeness (QED) is 0.247. The van der Waals surface area contributed by atoms with E-state index in [1.165, 1.54) is 5.56 Å². The van der Waals surface area contributed by atoms with Crippen LogP contribution in [0.25, 0.3) is 0 Å². The van der Waals surface area contributed by atoms with E-state index < -0.39 is 0 Å². The van der Waals surface area contributed by atoms with Gasteiger partial charge in [0.05, 0.1) is 19.3 Å². The van der Waals surface area contributed by atoms with Gasteiger partial charge in [0.15, 0.2) is 5.96 Å². The maximum absolute atomic E-state index is 5.79. The van der Waals surface area contributed by atoms with Crippen molar-refractivity contribution in [3.05, 3.63) is 29.3 Å². The highest BCUT2D eigenvalue weighted by atomic mass is 127. The maximum Gasteiger partial charge on any atom is 0.190 e. The van der Waals surface area contributed by atoms with Gasteiger partial charge in [-0.3, -0.25) is 9.89 Å². The fraction of sp³-hybridized carbons (Fsp3) is 0.667. The van der Waals surface area contributed by atoms with Crippen molar-refractivity contribution in [3.8, 4) is 5.75 Å². The lowest BCUT2D eigenvalue weighted by atomic mass is 10.1. The van der Waals surface area contributed by atoms with E-state index in [-0.39, 0.29) is 24.0 Å². The molecular weight excluding hydrogens is 467 g/mol. The van der Waals surface area contributed by atoms with Crippen LogP contribution < -0.4 is 15.4 Å². The van der Waals surface area contributed by atoms with Gasteiger partial charge < -0.3 is 20.1 Å². The first-order valence-corrected chi connectivity index (χ1v) is 9.97. The zero-order chi connectivity index (χ0) is 19.6. The molecule has 1 aliphatic heterocycles. The normalized spacial score (nSPS) is 20.4. The Morgan fingerprint density at radius 1 is 1.21 bits per heavy atom. The molecule has 2 N–H and O–H groups in total. The number of benzene rings is 1. The Labute approximate surface area is 187 Å². The molecule has 0 saturated carbocycles. The van der Waals surface area contributed by atoms with Gasteiger partial charge >= 0.3 is 0 Å². The minimum absolute atomic E-state index is 0. The van der Waals surface area contributed by atoms with Crippen molar-refractivity contribution >= 4 is 29.9 Å². The fourth-order valence-electron chi connectivity index (χ4n) is 3.54. The van der Waals surface area contributed by atoms with Gasteiger partial charge in [0.25, 0.3) is 0 Å². The highest BCUT2D eigenvalue weighted by Gasteiger charge is 2.21. The number of aliphatic imine (C=N–C) groups is 1. The molecule has 7 heteroatoms. The SMILES string of the molecule is CN=C(NCCCN1CC(C)OC(C)C1)NCCc1ccc(C)c(OC)c1.I. The molecule has 0 spiro atoms. The van der Waals surface area contributed by atoms with Crippen molar-refractivity contribution in [2.75, 3.05) is 46.9 Å². The molecule has 28 heavy (non-hydrogen) atoms. The summed E-state index contributed by atoms with van der Waals surface area (Å²) in [5.74, 6) is 1.81. The number of guanidine groups is 1. The smallest absolute Gasteiger partial charge is 0.190 e. The zero-order valence-electron chi connectivity index (χ0n) is 18.0. The van der Waals surface area contributed by atoms with Crippen LogP contribution >= 0.6 is 24.0 Å². The molecule has 0 bridgehead atoms. The highest BCUT2D eigenvalue weighted by Crippen LogP contribution is 2.19. The molecule has 0 aliphatic carbocycles. The number of halogens is 1. The average molecular weight is 504 g/mol. The number of hydrogen-bond acceptors (Lipinski definition) is 4. The van der Waals surface area contributed by atoms with Gasteiger partial charge in [-0.25, -0.2) is 0 Å². The van der Waals surface area contributed by atoms with Crippen molar-refractivity contribution in [1.29, 1.82) is 0 Å². The van der Waals surface area contributed by atoms with E-state index in [2.05, 4.69) is 59.5 Å². The summed E-state index contributed by atoms with van der Waals surface area (Å²) >= 11 is 0. The molecule has 1 saturated heterocycles. The lowest BCUT2D eigenvalue weighted by Crippen LogP contribution is -2.46. The largest absolute Gasteiger partial charge is 0.496 e. The van der Waals surface area contributed by atoms with E-state index in [4.69, 9.17) is 9.47 Å². The molecule has 0 aromatic heterocycles. The number of hydrogen-bond donors (Lipinski definition) is 2. The second-order valence-corrected chi connectivity index (χ2v) is 7.35. The minimum atomic E-state index is 0. The van der Waals surface area contributed by atoms with Crippen LogP contribution in [0, 0.1) is 6.92 Å². The van der Waals surface area contributed by atoms with Gasteiger partial charge in [-0.15, -0.1) is 24.0 Å². The van der Waals surface area contributed by atoms with E-state index in [1.54, 1.807) is 7.11 Å². The van der Waals surface area contributed by atoms with Crippen LogP contribution in [0.3, 0.4) is 0 Å². The second-order valence-electron chi connectivity index (χ2n) is 7.35. The van der Waals surface area contributed by atoms with Crippen LogP contribution in [0.1, 0.15) is 31.4 Å². The number of morpholine rings is 1. The number of aryl methyl sites for hydroxylation is 1. The first kappa shape index (κ1) is 25.0. The van der Waals surface area contributed by atoms with Gasteiger partial charge in [0.1, 0.15) is 5.75 Å². The summed E-state index contributed by atoms with van der Waals surface area (Å²) in [4.78, 5) is 6.80. The van der Waals surface area contributed by atoms with Crippen LogP contribution in [0.4, 0.5) is 0 Å². The van der Waals surface area contributed by atoms with Crippen LogP contribution in [0.15, 0.2) is 23.2 Å². The molecule has 0 amide bonds. The van der Waals surface area contributed by atoms with Crippen LogP contribution in [0.2, 0.25) is 0 Å². The lowest BCUT2D eigenvalue weighted by molar-refractivity contribution is -0.0679. The molecular formula is C21H37IN4O2. The Morgan fingerprint density at radius 2 is 1.89 bits per heavy atom. The topological polar surface area (TPSA) is 58.1 Å². The molecule has 1 aromatic rings. The predicted octanol–water partition coefficient (Wildman–Crippen LogP) is 2.83. The Kier molecular flexibility index (Phi) is 11.8. The molecule has 1 heterocycles. The van der Waals surface area contributed by atoms with E-state index in [9.17, 15) is 0 Å². The van der Waals surface area contributed by atoms with E-state index >= 15 is 0 Å². The molecule has 1 aromatic carbocycles. The number of nitrogens with zero attached hydrogens (tertiary/aromatic N) is 2. The van der Waals surface area contributed by atoms with Gasteiger partial charge in [-0.1, -0.05) is 12.1 Å². The Balaban J connectivity index is 0.00000392. The van der Waals surface area contributed by atoms with Crippen molar-refractivity contribution in [1.82, 2.24) is 15.5 Å². The number of rotatable bonds is 8.